The first-order valence-electron chi connectivity index (χ1n) is 9.52. The number of anilines is 1. The van der Waals surface area contributed by atoms with Crippen molar-refractivity contribution < 1.29 is 17.6 Å². The molecule has 2 aromatic carbocycles. The number of halogens is 1. The van der Waals surface area contributed by atoms with Crippen LogP contribution in [0.1, 0.15) is 48.5 Å². The first-order valence-corrected chi connectivity index (χ1v) is 11.0. The molecular formula is C21H25FN2O3S. The Balaban J connectivity index is 1.82. The number of nitrogens with zero attached hydrogens (tertiary/aromatic N) is 1. The fourth-order valence-corrected chi connectivity index (χ4v) is 4.59. The summed E-state index contributed by atoms with van der Waals surface area (Å²) in [6.45, 7) is 4.36. The second-order valence-electron chi connectivity index (χ2n) is 7.15. The first-order chi connectivity index (χ1) is 13.3. The Bertz CT molecular complexity index is 975. The van der Waals surface area contributed by atoms with Gasteiger partial charge in [0.25, 0.3) is 15.9 Å². The number of hydrogen-bond donors (Lipinski definition) is 1. The highest BCUT2D eigenvalue weighted by Gasteiger charge is 2.26. The third-order valence-corrected chi connectivity index (χ3v) is 6.55. The van der Waals surface area contributed by atoms with Gasteiger partial charge in [0.1, 0.15) is 5.82 Å². The second-order valence-corrected chi connectivity index (χ2v) is 8.84. The number of piperidine rings is 1. The highest BCUT2D eigenvalue weighted by atomic mass is 32.2. The summed E-state index contributed by atoms with van der Waals surface area (Å²) in [5.74, 6) is -0.670. The van der Waals surface area contributed by atoms with Gasteiger partial charge >= 0.3 is 0 Å². The van der Waals surface area contributed by atoms with Crippen LogP contribution in [0.4, 0.5) is 10.1 Å². The number of sulfonamides is 1. The van der Waals surface area contributed by atoms with Gasteiger partial charge in [-0.2, -0.15) is 0 Å². The van der Waals surface area contributed by atoms with Gasteiger partial charge < -0.3 is 4.90 Å². The van der Waals surface area contributed by atoms with Crippen LogP contribution < -0.4 is 4.72 Å². The van der Waals surface area contributed by atoms with Crippen molar-refractivity contribution in [1.82, 2.24) is 4.90 Å². The van der Waals surface area contributed by atoms with Crippen LogP contribution in [0.2, 0.25) is 0 Å². The van der Waals surface area contributed by atoms with E-state index in [1.807, 2.05) is 4.90 Å². The smallest absolute Gasteiger partial charge is 0.261 e. The van der Waals surface area contributed by atoms with Crippen molar-refractivity contribution in [2.24, 2.45) is 0 Å². The molecule has 1 fully saturated rings. The van der Waals surface area contributed by atoms with E-state index in [-0.39, 0.29) is 22.5 Å². The summed E-state index contributed by atoms with van der Waals surface area (Å²) in [5, 5.41) is 0. The normalized spacial score (nSPS) is 17.4. The number of benzene rings is 2. The third-order valence-electron chi connectivity index (χ3n) is 5.17. The second kappa shape index (κ2) is 8.31. The Labute approximate surface area is 165 Å². The van der Waals surface area contributed by atoms with E-state index in [0.29, 0.717) is 11.1 Å². The maximum absolute atomic E-state index is 13.8. The molecule has 1 unspecified atom stereocenters. The molecule has 1 amide bonds. The van der Waals surface area contributed by atoms with Crippen molar-refractivity contribution in [2.45, 2.75) is 50.5 Å². The molecule has 1 aliphatic heterocycles. The number of likely N-dealkylation sites (tertiary alicyclic amines) is 1. The minimum absolute atomic E-state index is 0.0889. The topological polar surface area (TPSA) is 66.5 Å². The number of hydrogen-bond acceptors (Lipinski definition) is 3. The predicted molar refractivity (Wildman–Crippen MR) is 107 cm³/mol. The van der Waals surface area contributed by atoms with Crippen LogP contribution in [-0.2, 0) is 10.0 Å². The lowest BCUT2D eigenvalue weighted by Crippen LogP contribution is -2.43. The maximum Gasteiger partial charge on any atom is 0.261 e. The molecule has 0 radical (unpaired) electrons. The van der Waals surface area contributed by atoms with E-state index >= 15 is 0 Å². The lowest BCUT2D eigenvalue weighted by Gasteiger charge is -2.35. The molecule has 1 saturated heterocycles. The first kappa shape index (κ1) is 20.3. The number of amides is 1. The van der Waals surface area contributed by atoms with Crippen LogP contribution in [0.3, 0.4) is 0 Å². The lowest BCUT2D eigenvalue weighted by atomic mass is 9.99. The molecule has 0 bridgehead atoms. The van der Waals surface area contributed by atoms with Crippen LogP contribution in [0.5, 0.6) is 0 Å². The SMILES string of the molecule is CCC1CCCCN1C(=O)c1cccc(NS(=O)(=O)c2ccc(C)c(F)c2)c1. The summed E-state index contributed by atoms with van der Waals surface area (Å²) in [5.41, 5.74) is 1.09. The molecule has 0 aromatic heterocycles. The average molecular weight is 405 g/mol. The maximum atomic E-state index is 13.8. The monoisotopic (exact) mass is 404 g/mol. The van der Waals surface area contributed by atoms with E-state index in [1.165, 1.54) is 18.2 Å². The van der Waals surface area contributed by atoms with Gasteiger partial charge in [-0.3, -0.25) is 9.52 Å². The standard InChI is InChI=1S/C21H25FN2O3S/c1-3-18-9-4-5-12-24(18)21(25)16-7-6-8-17(13-16)23-28(26,27)19-11-10-15(2)20(22)14-19/h6-8,10-11,13-14,18,23H,3-5,9,12H2,1-2H3. The summed E-state index contributed by atoms with van der Waals surface area (Å²) < 4.78 is 41.3. The Morgan fingerprint density at radius 1 is 1.21 bits per heavy atom. The molecule has 0 spiro atoms. The Morgan fingerprint density at radius 3 is 2.71 bits per heavy atom. The quantitative estimate of drug-likeness (QED) is 0.806. The van der Waals surface area contributed by atoms with Gasteiger partial charge in [-0.05, 0) is 68.5 Å². The zero-order valence-corrected chi connectivity index (χ0v) is 16.9. The van der Waals surface area contributed by atoms with Crippen molar-refractivity contribution in [1.29, 1.82) is 0 Å². The fraction of sp³-hybridized carbons (Fsp3) is 0.381. The zero-order chi connectivity index (χ0) is 20.3. The van der Waals surface area contributed by atoms with Crippen LogP contribution in [0.25, 0.3) is 0 Å². The van der Waals surface area contributed by atoms with E-state index < -0.39 is 15.8 Å². The summed E-state index contributed by atoms with van der Waals surface area (Å²) in [6, 6.07) is 10.4. The fourth-order valence-electron chi connectivity index (χ4n) is 3.53. The molecular weight excluding hydrogens is 379 g/mol. The van der Waals surface area contributed by atoms with E-state index in [4.69, 9.17) is 0 Å². The van der Waals surface area contributed by atoms with E-state index in [1.54, 1.807) is 25.1 Å². The lowest BCUT2D eigenvalue weighted by molar-refractivity contribution is 0.0608. The average Bonchev–Trinajstić information content (AvgIpc) is 2.69. The van der Waals surface area contributed by atoms with Crippen molar-refractivity contribution >= 4 is 21.6 Å². The molecule has 5 nitrogen and oxygen atoms in total. The van der Waals surface area contributed by atoms with Crippen LogP contribution in [-0.4, -0.2) is 31.8 Å². The Kier molecular flexibility index (Phi) is 6.03. The van der Waals surface area contributed by atoms with Gasteiger partial charge in [0.15, 0.2) is 0 Å². The molecule has 7 heteroatoms. The van der Waals surface area contributed by atoms with Crippen molar-refractivity contribution in [3.8, 4) is 0 Å². The Hall–Kier alpha value is -2.41. The zero-order valence-electron chi connectivity index (χ0n) is 16.1. The summed E-state index contributed by atoms with van der Waals surface area (Å²) in [7, 11) is -3.95. The molecule has 0 aliphatic carbocycles. The molecule has 0 saturated carbocycles. The van der Waals surface area contributed by atoms with Crippen molar-refractivity contribution in [3.05, 3.63) is 59.4 Å². The molecule has 28 heavy (non-hydrogen) atoms. The van der Waals surface area contributed by atoms with Crippen LogP contribution >= 0.6 is 0 Å². The number of carbonyl (C=O) groups is 1. The van der Waals surface area contributed by atoms with E-state index in [0.717, 1.165) is 38.3 Å². The van der Waals surface area contributed by atoms with Crippen LogP contribution in [0, 0.1) is 12.7 Å². The molecule has 1 N–H and O–H groups in total. The van der Waals surface area contributed by atoms with Gasteiger partial charge in [-0.1, -0.05) is 19.1 Å². The highest BCUT2D eigenvalue weighted by Crippen LogP contribution is 2.24. The molecule has 150 valence electrons. The van der Waals surface area contributed by atoms with E-state index in [2.05, 4.69) is 11.6 Å². The molecule has 1 aliphatic rings. The minimum atomic E-state index is -3.95. The summed E-state index contributed by atoms with van der Waals surface area (Å²) >= 11 is 0. The largest absolute Gasteiger partial charge is 0.336 e. The van der Waals surface area contributed by atoms with Crippen LogP contribution in [0.15, 0.2) is 47.4 Å². The molecule has 1 atom stereocenters. The predicted octanol–water partition coefficient (Wildman–Crippen LogP) is 4.34. The number of nitrogens with one attached hydrogen (secondary N) is 1. The van der Waals surface area contributed by atoms with Gasteiger partial charge in [-0.25, -0.2) is 12.8 Å². The third kappa shape index (κ3) is 4.35. The Morgan fingerprint density at radius 2 is 2.00 bits per heavy atom. The van der Waals surface area contributed by atoms with Gasteiger partial charge in [0.2, 0.25) is 0 Å². The number of rotatable bonds is 5. The molecule has 2 aromatic rings. The van der Waals surface area contributed by atoms with Gasteiger partial charge in [0, 0.05) is 23.8 Å². The summed E-state index contributed by atoms with van der Waals surface area (Å²) in [4.78, 5) is 14.7. The van der Waals surface area contributed by atoms with Gasteiger partial charge in [0.05, 0.1) is 4.90 Å². The molecule has 1 heterocycles. The molecule has 3 rings (SSSR count). The number of aryl methyl sites for hydroxylation is 1. The number of carbonyl (C=O) groups excluding carboxylic acids is 1. The summed E-state index contributed by atoms with van der Waals surface area (Å²) in [6.07, 6.45) is 3.99. The van der Waals surface area contributed by atoms with Gasteiger partial charge in [-0.15, -0.1) is 0 Å². The van der Waals surface area contributed by atoms with Crippen molar-refractivity contribution in [3.63, 3.8) is 0 Å². The van der Waals surface area contributed by atoms with E-state index in [9.17, 15) is 17.6 Å². The highest BCUT2D eigenvalue weighted by molar-refractivity contribution is 7.92. The van der Waals surface area contributed by atoms with Crippen molar-refractivity contribution in [2.75, 3.05) is 11.3 Å². The minimum Gasteiger partial charge on any atom is -0.336 e.